The molecule has 0 saturated heterocycles. The zero-order valence-corrected chi connectivity index (χ0v) is 10.4. The summed E-state index contributed by atoms with van der Waals surface area (Å²) in [7, 11) is 1.88. The highest BCUT2D eigenvalue weighted by Crippen LogP contribution is 2.33. The summed E-state index contributed by atoms with van der Waals surface area (Å²) in [5.74, 6) is 0.200. The molecule has 0 aromatic carbocycles. The molecule has 0 aromatic rings. The van der Waals surface area contributed by atoms with E-state index >= 15 is 0 Å². The lowest BCUT2D eigenvalue weighted by atomic mass is 9.80. The van der Waals surface area contributed by atoms with Gasteiger partial charge in [0.25, 0.3) is 0 Å². The second-order valence-corrected chi connectivity index (χ2v) is 5.57. The lowest BCUT2D eigenvalue weighted by molar-refractivity contribution is -0.130. The van der Waals surface area contributed by atoms with Crippen molar-refractivity contribution < 1.29 is 4.79 Å². The van der Waals surface area contributed by atoms with E-state index in [2.05, 4.69) is 45.1 Å². The number of rotatable bonds is 0. The average molecular weight is 217 g/mol. The van der Waals surface area contributed by atoms with Crippen LogP contribution in [0.4, 0.5) is 0 Å². The van der Waals surface area contributed by atoms with Gasteiger partial charge >= 0.3 is 0 Å². The largest absolute Gasteiger partial charge is 0.335 e. The van der Waals surface area contributed by atoms with Gasteiger partial charge in [-0.25, -0.2) is 0 Å². The lowest BCUT2D eigenvalue weighted by Crippen LogP contribution is -2.40. The summed E-state index contributed by atoms with van der Waals surface area (Å²) >= 11 is 0. The Morgan fingerprint density at radius 2 is 2.06 bits per heavy atom. The third-order valence-corrected chi connectivity index (χ3v) is 3.31. The minimum Gasteiger partial charge on any atom is -0.335 e. The molecule has 2 aliphatic rings. The molecule has 1 aliphatic carbocycles. The number of likely N-dealkylation sites (N-methyl/N-ethyl adjacent to an activating group) is 1. The second-order valence-electron chi connectivity index (χ2n) is 5.57. The van der Waals surface area contributed by atoms with Crippen LogP contribution in [0.3, 0.4) is 0 Å². The van der Waals surface area contributed by atoms with Gasteiger partial charge in [0.1, 0.15) is 0 Å². The van der Waals surface area contributed by atoms with Gasteiger partial charge in [0.05, 0.1) is 6.04 Å². The van der Waals surface area contributed by atoms with Crippen molar-refractivity contribution in [3.05, 3.63) is 35.5 Å². The Kier molecular flexibility index (Phi) is 2.53. The number of hydrogen-bond acceptors (Lipinski definition) is 1. The van der Waals surface area contributed by atoms with E-state index in [0.29, 0.717) is 6.42 Å². The number of carbonyl (C=O) groups is 1. The maximum atomic E-state index is 11.6. The zero-order chi connectivity index (χ0) is 11.9. The molecule has 2 heteroatoms. The van der Waals surface area contributed by atoms with Gasteiger partial charge < -0.3 is 4.90 Å². The number of amides is 1. The van der Waals surface area contributed by atoms with E-state index in [9.17, 15) is 4.79 Å². The van der Waals surface area contributed by atoms with E-state index in [1.165, 1.54) is 11.1 Å². The van der Waals surface area contributed by atoms with Gasteiger partial charge in [0, 0.05) is 13.5 Å². The van der Waals surface area contributed by atoms with Crippen LogP contribution in [0.25, 0.3) is 0 Å². The maximum Gasteiger partial charge on any atom is 0.226 e. The van der Waals surface area contributed by atoms with Crippen LogP contribution in [0.5, 0.6) is 0 Å². The van der Waals surface area contributed by atoms with Gasteiger partial charge in [-0.15, -0.1) is 0 Å². The van der Waals surface area contributed by atoms with Crippen molar-refractivity contribution >= 4 is 5.91 Å². The third-order valence-electron chi connectivity index (χ3n) is 3.31. The van der Waals surface area contributed by atoms with Gasteiger partial charge in [-0.05, 0) is 16.6 Å². The Morgan fingerprint density at radius 3 is 2.69 bits per heavy atom. The Morgan fingerprint density at radius 1 is 1.38 bits per heavy atom. The monoisotopic (exact) mass is 217 g/mol. The molecule has 1 unspecified atom stereocenters. The van der Waals surface area contributed by atoms with E-state index in [4.69, 9.17) is 0 Å². The molecule has 0 fully saturated rings. The molecule has 1 atom stereocenters. The smallest absolute Gasteiger partial charge is 0.226 e. The fourth-order valence-corrected chi connectivity index (χ4v) is 2.12. The molecule has 0 spiro atoms. The maximum absolute atomic E-state index is 11.6. The molecule has 0 saturated carbocycles. The van der Waals surface area contributed by atoms with Gasteiger partial charge in [0.15, 0.2) is 0 Å². The van der Waals surface area contributed by atoms with Crippen molar-refractivity contribution in [3.63, 3.8) is 0 Å². The summed E-state index contributed by atoms with van der Waals surface area (Å²) in [6.07, 6.45) is 9.10. The van der Waals surface area contributed by atoms with Gasteiger partial charge in [-0.3, -0.25) is 4.79 Å². The highest BCUT2D eigenvalue weighted by Gasteiger charge is 2.28. The second kappa shape index (κ2) is 3.62. The minimum atomic E-state index is 0.146. The van der Waals surface area contributed by atoms with Crippen molar-refractivity contribution in [3.8, 4) is 0 Å². The first-order chi connectivity index (χ1) is 7.39. The molecule has 2 rings (SSSR count). The van der Waals surface area contributed by atoms with Gasteiger partial charge in [-0.1, -0.05) is 45.1 Å². The fraction of sp³-hybridized carbons (Fsp3) is 0.500. The topological polar surface area (TPSA) is 20.3 Å². The Labute approximate surface area is 97.3 Å². The summed E-state index contributed by atoms with van der Waals surface area (Å²) in [5, 5.41) is 0. The first kappa shape index (κ1) is 11.2. The summed E-state index contributed by atoms with van der Waals surface area (Å²) in [5.41, 5.74) is 2.76. The van der Waals surface area contributed by atoms with Gasteiger partial charge in [-0.2, -0.15) is 0 Å². The standard InChI is InChI=1S/C14H19NO/c1-14(2,3)11-6-7-12-10(9-11)5-8-13(16)15(12)4/h5-7,9,12H,8H2,1-4H3. The third kappa shape index (κ3) is 1.84. The van der Waals surface area contributed by atoms with Crippen molar-refractivity contribution in [2.75, 3.05) is 7.05 Å². The van der Waals surface area contributed by atoms with Crippen LogP contribution in [0.1, 0.15) is 27.2 Å². The van der Waals surface area contributed by atoms with E-state index < -0.39 is 0 Å². The first-order valence-corrected chi connectivity index (χ1v) is 5.75. The van der Waals surface area contributed by atoms with Gasteiger partial charge in [0.2, 0.25) is 5.91 Å². The lowest BCUT2D eigenvalue weighted by Gasteiger charge is -2.34. The fourth-order valence-electron chi connectivity index (χ4n) is 2.12. The normalized spacial score (nSPS) is 25.1. The van der Waals surface area contributed by atoms with Crippen LogP contribution in [-0.4, -0.2) is 23.9 Å². The molecular formula is C14H19NO. The highest BCUT2D eigenvalue weighted by molar-refractivity contribution is 5.81. The van der Waals surface area contributed by atoms with Crippen LogP contribution in [0.15, 0.2) is 35.5 Å². The molecule has 1 aliphatic heterocycles. The number of nitrogens with zero attached hydrogens (tertiary/aromatic N) is 1. The van der Waals surface area contributed by atoms with Crippen LogP contribution in [0.2, 0.25) is 0 Å². The predicted molar refractivity (Wildman–Crippen MR) is 65.9 cm³/mol. The van der Waals surface area contributed by atoms with Crippen LogP contribution < -0.4 is 0 Å². The summed E-state index contributed by atoms with van der Waals surface area (Å²) in [6.45, 7) is 6.63. The molecular weight excluding hydrogens is 198 g/mol. The molecule has 0 radical (unpaired) electrons. The Hall–Kier alpha value is -1.31. The van der Waals surface area contributed by atoms with E-state index in [1.54, 1.807) is 0 Å². The SMILES string of the molecule is CN1C(=O)CC=C2C=C(C(C)(C)C)C=CC21. The minimum absolute atomic E-state index is 0.146. The molecule has 0 N–H and O–H groups in total. The number of fused-ring (bicyclic) bond motifs is 1. The number of hydrogen-bond donors (Lipinski definition) is 0. The Bertz CT molecular complexity index is 407. The van der Waals surface area contributed by atoms with E-state index in [1.807, 2.05) is 11.9 Å². The summed E-state index contributed by atoms with van der Waals surface area (Å²) in [6, 6.07) is 0.146. The molecule has 2 nitrogen and oxygen atoms in total. The summed E-state index contributed by atoms with van der Waals surface area (Å²) < 4.78 is 0. The first-order valence-electron chi connectivity index (χ1n) is 5.75. The molecule has 86 valence electrons. The quantitative estimate of drug-likeness (QED) is 0.611. The zero-order valence-electron chi connectivity index (χ0n) is 10.4. The number of allylic oxidation sites excluding steroid dienone is 2. The van der Waals surface area contributed by atoms with E-state index in [-0.39, 0.29) is 17.4 Å². The van der Waals surface area contributed by atoms with Crippen LogP contribution in [0, 0.1) is 5.41 Å². The van der Waals surface area contributed by atoms with Crippen LogP contribution >= 0.6 is 0 Å². The highest BCUT2D eigenvalue weighted by atomic mass is 16.2. The summed E-state index contributed by atoms with van der Waals surface area (Å²) in [4.78, 5) is 13.4. The van der Waals surface area contributed by atoms with Crippen molar-refractivity contribution in [1.82, 2.24) is 4.90 Å². The van der Waals surface area contributed by atoms with Crippen molar-refractivity contribution in [2.45, 2.75) is 33.2 Å². The molecule has 0 bridgehead atoms. The molecule has 0 aromatic heterocycles. The van der Waals surface area contributed by atoms with Crippen molar-refractivity contribution in [2.24, 2.45) is 5.41 Å². The van der Waals surface area contributed by atoms with Crippen molar-refractivity contribution in [1.29, 1.82) is 0 Å². The molecule has 16 heavy (non-hydrogen) atoms. The molecule has 1 amide bonds. The number of carbonyl (C=O) groups excluding carboxylic acids is 1. The Balaban J connectivity index is 2.34. The van der Waals surface area contributed by atoms with E-state index in [0.717, 1.165) is 0 Å². The van der Waals surface area contributed by atoms with Crippen LogP contribution in [-0.2, 0) is 4.79 Å². The molecule has 1 heterocycles. The average Bonchev–Trinajstić information content (AvgIpc) is 2.22. The predicted octanol–water partition coefficient (Wildman–Crippen LogP) is 2.69.